The van der Waals surface area contributed by atoms with Crippen LogP contribution in [0.5, 0.6) is 11.5 Å². The maximum absolute atomic E-state index is 12.7. The first-order chi connectivity index (χ1) is 13.9. The summed E-state index contributed by atoms with van der Waals surface area (Å²) in [6, 6.07) is 17.8. The molecule has 0 saturated carbocycles. The third-order valence-electron chi connectivity index (χ3n) is 4.50. The Labute approximate surface area is 184 Å². The molecule has 29 heavy (non-hydrogen) atoms. The van der Waals surface area contributed by atoms with Crippen LogP contribution in [0.1, 0.15) is 31.8 Å². The first kappa shape index (κ1) is 19.6. The largest absolute Gasteiger partial charge is 0.452 e. The average Bonchev–Trinajstić information content (AvgIpc) is 3.02. The molecule has 0 aromatic heterocycles. The fourth-order valence-electron chi connectivity index (χ4n) is 2.97. The maximum Gasteiger partial charge on any atom is 0.344 e. The Bertz CT molecular complexity index is 1160. The predicted molar refractivity (Wildman–Crippen MR) is 117 cm³/mol. The van der Waals surface area contributed by atoms with Gasteiger partial charge in [-0.1, -0.05) is 40.2 Å². The highest BCUT2D eigenvalue weighted by Crippen LogP contribution is 2.39. The van der Waals surface area contributed by atoms with E-state index in [2.05, 4.69) is 31.9 Å². The predicted octanol–water partition coefficient (Wildman–Crippen LogP) is 6.36. The number of fused-ring (bicyclic) bond motifs is 1. The topological polar surface area (TPSA) is 52.6 Å². The smallest absolute Gasteiger partial charge is 0.344 e. The van der Waals surface area contributed by atoms with E-state index >= 15 is 0 Å². The maximum atomic E-state index is 12.7. The van der Waals surface area contributed by atoms with Crippen LogP contribution in [0.4, 0.5) is 0 Å². The SMILES string of the molecule is Cc1c(OC(=O)c2ccccc2Br)ccc2c1O/C(=C\c1ccc(Br)cc1)C2=O. The van der Waals surface area contributed by atoms with Crippen molar-refractivity contribution in [1.29, 1.82) is 0 Å². The second-order valence-electron chi connectivity index (χ2n) is 6.43. The number of allylic oxidation sites excluding steroid dienone is 1. The molecule has 0 atom stereocenters. The van der Waals surface area contributed by atoms with Gasteiger partial charge in [0.25, 0.3) is 0 Å². The molecule has 1 aliphatic rings. The Hall–Kier alpha value is -2.70. The van der Waals surface area contributed by atoms with Crippen molar-refractivity contribution in [3.63, 3.8) is 0 Å². The van der Waals surface area contributed by atoms with E-state index in [1.807, 2.05) is 30.3 Å². The number of benzene rings is 3. The number of hydrogen-bond donors (Lipinski definition) is 0. The van der Waals surface area contributed by atoms with Crippen LogP contribution >= 0.6 is 31.9 Å². The Morgan fingerprint density at radius 3 is 2.45 bits per heavy atom. The molecule has 4 rings (SSSR count). The minimum absolute atomic E-state index is 0.199. The van der Waals surface area contributed by atoms with E-state index in [4.69, 9.17) is 9.47 Å². The van der Waals surface area contributed by atoms with Crippen molar-refractivity contribution in [2.45, 2.75) is 6.92 Å². The molecule has 3 aromatic rings. The monoisotopic (exact) mass is 512 g/mol. The van der Waals surface area contributed by atoms with Crippen molar-refractivity contribution < 1.29 is 19.1 Å². The van der Waals surface area contributed by atoms with Crippen LogP contribution in [0.25, 0.3) is 6.08 Å². The van der Waals surface area contributed by atoms with Gasteiger partial charge in [-0.2, -0.15) is 0 Å². The van der Waals surface area contributed by atoms with Gasteiger partial charge in [-0.25, -0.2) is 4.79 Å². The summed E-state index contributed by atoms with van der Waals surface area (Å²) in [5.74, 6) is 0.308. The van der Waals surface area contributed by atoms with E-state index in [0.29, 0.717) is 32.7 Å². The third-order valence-corrected chi connectivity index (χ3v) is 5.72. The molecular formula is C23H14Br2O4. The highest BCUT2D eigenvalue weighted by molar-refractivity contribution is 9.10. The van der Waals surface area contributed by atoms with E-state index in [-0.39, 0.29) is 11.5 Å². The lowest BCUT2D eigenvalue weighted by atomic mass is 10.1. The Morgan fingerprint density at radius 1 is 1.00 bits per heavy atom. The first-order valence-electron chi connectivity index (χ1n) is 8.74. The summed E-state index contributed by atoms with van der Waals surface area (Å²) in [5, 5.41) is 0. The van der Waals surface area contributed by atoms with Gasteiger partial charge >= 0.3 is 5.97 Å². The second-order valence-corrected chi connectivity index (χ2v) is 8.20. The molecule has 0 aliphatic carbocycles. The molecule has 3 aromatic carbocycles. The van der Waals surface area contributed by atoms with Gasteiger partial charge in [0.2, 0.25) is 5.78 Å². The van der Waals surface area contributed by atoms with Crippen molar-refractivity contribution in [3.8, 4) is 11.5 Å². The van der Waals surface area contributed by atoms with Crippen LogP contribution in [0.15, 0.2) is 75.4 Å². The number of carbonyl (C=O) groups is 2. The summed E-state index contributed by atoms with van der Waals surface area (Å²) in [6.07, 6.45) is 1.70. The molecule has 4 nitrogen and oxygen atoms in total. The molecule has 144 valence electrons. The molecule has 0 N–H and O–H groups in total. The summed E-state index contributed by atoms with van der Waals surface area (Å²) < 4.78 is 13.0. The normalized spacial score (nSPS) is 13.9. The number of rotatable bonds is 3. The van der Waals surface area contributed by atoms with Crippen LogP contribution in [-0.2, 0) is 0 Å². The molecule has 0 radical (unpaired) electrons. The molecule has 1 aliphatic heterocycles. The number of halogens is 2. The molecule has 0 amide bonds. The lowest BCUT2D eigenvalue weighted by molar-refractivity contribution is 0.0732. The molecule has 6 heteroatoms. The van der Waals surface area contributed by atoms with Crippen molar-refractivity contribution in [2.75, 3.05) is 0 Å². The highest BCUT2D eigenvalue weighted by atomic mass is 79.9. The van der Waals surface area contributed by atoms with Crippen molar-refractivity contribution in [2.24, 2.45) is 0 Å². The summed E-state index contributed by atoms with van der Waals surface area (Å²) >= 11 is 6.74. The van der Waals surface area contributed by atoms with Crippen LogP contribution in [0.3, 0.4) is 0 Å². The van der Waals surface area contributed by atoms with Crippen LogP contribution < -0.4 is 9.47 Å². The fourth-order valence-corrected chi connectivity index (χ4v) is 3.68. The average molecular weight is 514 g/mol. The van der Waals surface area contributed by atoms with Crippen molar-refractivity contribution in [3.05, 3.63) is 97.6 Å². The zero-order valence-corrected chi connectivity index (χ0v) is 18.4. The number of ether oxygens (including phenoxy) is 2. The summed E-state index contributed by atoms with van der Waals surface area (Å²) in [5.41, 5.74) is 2.31. The number of carbonyl (C=O) groups excluding carboxylic acids is 2. The third kappa shape index (κ3) is 3.91. The van der Waals surface area contributed by atoms with Gasteiger partial charge in [0.05, 0.1) is 11.1 Å². The second kappa shape index (κ2) is 7.97. The van der Waals surface area contributed by atoms with E-state index < -0.39 is 5.97 Å². The number of hydrogen-bond acceptors (Lipinski definition) is 4. The minimum Gasteiger partial charge on any atom is -0.452 e. The first-order valence-corrected chi connectivity index (χ1v) is 10.3. The fraction of sp³-hybridized carbons (Fsp3) is 0.0435. The zero-order chi connectivity index (χ0) is 20.5. The molecule has 1 heterocycles. The Morgan fingerprint density at radius 2 is 1.72 bits per heavy atom. The lowest BCUT2D eigenvalue weighted by Gasteiger charge is -2.10. The van der Waals surface area contributed by atoms with Gasteiger partial charge in [-0.3, -0.25) is 4.79 Å². The van der Waals surface area contributed by atoms with Gasteiger partial charge in [0, 0.05) is 14.5 Å². The summed E-state index contributed by atoms with van der Waals surface area (Å²) in [6.45, 7) is 1.76. The number of ketones is 1. The molecule has 0 saturated heterocycles. The minimum atomic E-state index is -0.490. The van der Waals surface area contributed by atoms with Crippen LogP contribution in [-0.4, -0.2) is 11.8 Å². The molecule has 0 spiro atoms. The summed E-state index contributed by atoms with van der Waals surface area (Å²) in [7, 11) is 0. The van der Waals surface area contributed by atoms with Gasteiger partial charge in [0.1, 0.15) is 11.5 Å². The molecular weight excluding hydrogens is 500 g/mol. The van der Waals surface area contributed by atoms with E-state index in [1.165, 1.54) is 0 Å². The zero-order valence-electron chi connectivity index (χ0n) is 15.2. The van der Waals surface area contributed by atoms with E-state index in [0.717, 1.165) is 10.0 Å². The standard InChI is InChI=1S/C23H14Br2O4/c1-13-19(29-23(27)16-4-2-3-5-18(16)25)11-10-17-21(26)20(28-22(13)17)12-14-6-8-15(24)9-7-14/h2-12H,1H3/b20-12-. The van der Waals surface area contributed by atoms with Crippen LogP contribution in [0, 0.1) is 6.92 Å². The molecule has 0 fully saturated rings. The van der Waals surface area contributed by atoms with Crippen LogP contribution in [0.2, 0.25) is 0 Å². The highest BCUT2D eigenvalue weighted by Gasteiger charge is 2.30. The van der Waals surface area contributed by atoms with Gasteiger partial charge in [-0.05, 0) is 70.9 Å². The van der Waals surface area contributed by atoms with E-state index in [1.54, 1.807) is 43.3 Å². The summed E-state index contributed by atoms with van der Waals surface area (Å²) in [4.78, 5) is 25.2. The molecule has 0 unspecified atom stereocenters. The van der Waals surface area contributed by atoms with Crippen molar-refractivity contribution >= 4 is 49.7 Å². The van der Waals surface area contributed by atoms with Gasteiger partial charge < -0.3 is 9.47 Å². The Kier molecular flexibility index (Phi) is 5.39. The van der Waals surface area contributed by atoms with Crippen molar-refractivity contribution in [1.82, 2.24) is 0 Å². The quantitative estimate of drug-likeness (QED) is 0.232. The lowest BCUT2D eigenvalue weighted by Crippen LogP contribution is -2.10. The Balaban J connectivity index is 1.62. The van der Waals surface area contributed by atoms with E-state index in [9.17, 15) is 9.59 Å². The number of esters is 1. The molecule has 0 bridgehead atoms. The number of Topliss-reactive ketones (excluding diaryl/α,β-unsaturated/α-hetero) is 1. The van der Waals surface area contributed by atoms with Gasteiger partial charge in [-0.15, -0.1) is 0 Å². The van der Waals surface area contributed by atoms with Gasteiger partial charge in [0.15, 0.2) is 5.76 Å².